The van der Waals surface area contributed by atoms with Crippen molar-refractivity contribution in [3.05, 3.63) is 29.6 Å². The molecule has 1 saturated carbocycles. The van der Waals surface area contributed by atoms with Gasteiger partial charge in [0.15, 0.2) is 17.0 Å². The Morgan fingerprint density at radius 3 is 2.79 bits per heavy atom. The molecule has 154 valence electrons. The third kappa shape index (κ3) is 4.45. The maximum atomic E-state index is 15.5. The quantitative estimate of drug-likeness (QED) is 0.583. The van der Waals surface area contributed by atoms with Gasteiger partial charge in [0.25, 0.3) is 0 Å². The molecule has 1 aromatic rings. The highest BCUT2D eigenvalue weighted by atomic mass is 32.2. The summed E-state index contributed by atoms with van der Waals surface area (Å²) in [5.41, 5.74) is 1.35. The summed E-state index contributed by atoms with van der Waals surface area (Å²) in [5.74, 6) is 0.550. The highest BCUT2D eigenvalue weighted by Gasteiger charge is 2.27. The molecule has 0 radical (unpaired) electrons. The van der Waals surface area contributed by atoms with Gasteiger partial charge in [-0.3, -0.25) is 4.31 Å². The zero-order valence-corrected chi connectivity index (χ0v) is 17.2. The van der Waals surface area contributed by atoms with Crippen LogP contribution < -0.4 is 19.1 Å². The molecule has 1 fully saturated rings. The van der Waals surface area contributed by atoms with E-state index in [9.17, 15) is 9.00 Å². The molecule has 1 aliphatic heterocycles. The predicted octanol–water partition coefficient (Wildman–Crippen LogP) is 2.57. The first-order valence-electron chi connectivity index (χ1n) is 9.70. The van der Waals surface area contributed by atoms with Crippen molar-refractivity contribution >= 4 is 28.7 Å². The molecule has 2 atom stereocenters. The number of nitrogens with one attached hydrogen (secondary N) is 2. The van der Waals surface area contributed by atoms with Crippen molar-refractivity contribution in [3.63, 3.8) is 0 Å². The van der Waals surface area contributed by atoms with Crippen molar-refractivity contribution < 1.29 is 18.1 Å². The van der Waals surface area contributed by atoms with Crippen LogP contribution in [-0.2, 0) is 16.0 Å². The average Bonchev–Trinajstić information content (AvgIpc) is 3.13. The first kappa shape index (κ1) is 21.0. The molecule has 1 aromatic carbocycles. The lowest BCUT2D eigenvalue weighted by molar-refractivity contribution is -0.106. The Morgan fingerprint density at radius 2 is 2.18 bits per heavy atom. The lowest BCUT2D eigenvalue weighted by Crippen LogP contribution is -2.35. The first-order chi connectivity index (χ1) is 13.6. The second-order valence-electron chi connectivity index (χ2n) is 7.21. The Labute approximate surface area is 168 Å². The average molecular weight is 410 g/mol. The number of hydrogen-bond acceptors (Lipinski definition) is 4. The number of ether oxygens (including phenoxy) is 1. The van der Waals surface area contributed by atoms with Crippen molar-refractivity contribution in [2.75, 3.05) is 31.6 Å². The highest BCUT2D eigenvalue weighted by Crippen LogP contribution is 2.37. The van der Waals surface area contributed by atoms with E-state index in [2.05, 4.69) is 16.1 Å². The van der Waals surface area contributed by atoms with Crippen molar-refractivity contribution in [2.45, 2.75) is 38.1 Å². The van der Waals surface area contributed by atoms with Crippen LogP contribution in [0.3, 0.4) is 0 Å². The van der Waals surface area contributed by atoms with Crippen LogP contribution in [-0.4, -0.2) is 43.8 Å². The number of methoxy groups -OCH3 is 1. The normalized spacial score (nSPS) is 20.4. The molecule has 1 heterocycles. The van der Waals surface area contributed by atoms with Gasteiger partial charge in [-0.2, -0.15) is 0 Å². The molecule has 6 nitrogen and oxygen atoms in total. The number of rotatable bonds is 10. The third-order valence-corrected chi connectivity index (χ3v) is 6.66. The number of hydrogen-bond donors (Lipinski definition) is 2. The van der Waals surface area contributed by atoms with E-state index in [-0.39, 0.29) is 24.0 Å². The molecule has 0 saturated heterocycles. The number of halogens is 1. The van der Waals surface area contributed by atoms with Crippen LogP contribution in [0.2, 0.25) is 0 Å². The molecule has 1 aliphatic carbocycles. The first-order valence-corrected chi connectivity index (χ1v) is 10.8. The van der Waals surface area contributed by atoms with E-state index in [1.54, 1.807) is 12.1 Å². The third-order valence-electron chi connectivity index (χ3n) is 5.58. The van der Waals surface area contributed by atoms with Gasteiger partial charge in [-0.05, 0) is 43.5 Å². The van der Waals surface area contributed by atoms with Crippen molar-refractivity contribution in [1.82, 2.24) is 10.0 Å². The van der Waals surface area contributed by atoms with Crippen LogP contribution in [0.15, 0.2) is 18.2 Å². The summed E-state index contributed by atoms with van der Waals surface area (Å²) in [5, 5.41) is 3.44. The fourth-order valence-corrected chi connectivity index (χ4v) is 4.53. The van der Waals surface area contributed by atoms with Crippen LogP contribution in [0, 0.1) is 11.7 Å². The van der Waals surface area contributed by atoms with Crippen LogP contribution in [0.5, 0.6) is 5.75 Å². The number of benzene rings is 1. The van der Waals surface area contributed by atoms with Gasteiger partial charge in [-0.1, -0.05) is 25.3 Å². The van der Waals surface area contributed by atoms with E-state index < -0.39 is 17.0 Å². The Bertz CT molecular complexity index is 767. The lowest BCUT2D eigenvalue weighted by atomic mass is 9.81. The molecule has 2 aliphatic rings. The van der Waals surface area contributed by atoms with Gasteiger partial charge >= 0.3 is 0 Å². The summed E-state index contributed by atoms with van der Waals surface area (Å²) in [6, 6.07) is 3.58. The Morgan fingerprint density at radius 1 is 1.39 bits per heavy atom. The van der Waals surface area contributed by atoms with Gasteiger partial charge in [0.2, 0.25) is 0 Å². The molecule has 0 aromatic heterocycles. The van der Waals surface area contributed by atoms with Gasteiger partial charge in [0.05, 0.1) is 13.7 Å². The Balaban J connectivity index is 1.87. The monoisotopic (exact) mass is 409 g/mol. The number of anilines is 1. The molecular weight excluding hydrogens is 381 g/mol. The van der Waals surface area contributed by atoms with Gasteiger partial charge in [-0.25, -0.2) is 13.3 Å². The second-order valence-corrected chi connectivity index (χ2v) is 8.56. The van der Waals surface area contributed by atoms with Crippen LogP contribution >= 0.6 is 0 Å². The molecule has 2 unspecified atom stereocenters. The Hall–Kier alpha value is -1.77. The molecule has 28 heavy (non-hydrogen) atoms. The minimum absolute atomic E-state index is 0.0265. The molecule has 3 rings (SSSR count). The largest absolute Gasteiger partial charge is 0.494 e. The number of carbonyl (C=O) groups is 1. The summed E-state index contributed by atoms with van der Waals surface area (Å²) in [7, 11) is 2.91. The topological polar surface area (TPSA) is 70.7 Å². The molecule has 0 spiro atoms. The fourth-order valence-electron chi connectivity index (χ4n) is 3.78. The van der Waals surface area contributed by atoms with E-state index >= 15 is 4.39 Å². The van der Waals surface area contributed by atoms with Crippen LogP contribution in [0.1, 0.15) is 37.7 Å². The van der Waals surface area contributed by atoms with E-state index in [0.717, 1.165) is 17.9 Å². The second kappa shape index (κ2) is 9.62. The van der Waals surface area contributed by atoms with Gasteiger partial charge in [-0.15, -0.1) is 0 Å². The molecule has 8 heteroatoms. The van der Waals surface area contributed by atoms with Crippen molar-refractivity contribution in [3.8, 4) is 5.75 Å². The molecular formula is C20H28FN3O3S. The maximum Gasteiger partial charge on any atom is 0.196 e. The number of nitrogens with zero attached hydrogens (tertiary/aromatic N) is 1. The van der Waals surface area contributed by atoms with E-state index in [1.165, 1.54) is 44.1 Å². The standard InChI is InChI=1S/C20H28FN3O3S/c1-22-28(26)24(10-11-25)20-18(27-2)9-8-17(19(20)21)15-12-16(23-13-15)7-6-14-4-3-5-14/h8-9,11-12,14,16,22-23H,3-7,10,13H2,1-2H3. The fraction of sp³-hybridized carbons (Fsp3) is 0.550. The molecule has 0 bridgehead atoms. The molecule has 0 amide bonds. The predicted molar refractivity (Wildman–Crippen MR) is 110 cm³/mol. The summed E-state index contributed by atoms with van der Waals surface area (Å²) in [4.78, 5) is 11.1. The van der Waals surface area contributed by atoms with Crippen molar-refractivity contribution in [2.24, 2.45) is 5.92 Å². The van der Waals surface area contributed by atoms with E-state index in [4.69, 9.17) is 4.74 Å². The minimum Gasteiger partial charge on any atom is -0.494 e. The zero-order chi connectivity index (χ0) is 20.1. The summed E-state index contributed by atoms with van der Waals surface area (Å²) < 4.78 is 36.8. The highest BCUT2D eigenvalue weighted by molar-refractivity contribution is 7.84. The minimum atomic E-state index is -1.76. The van der Waals surface area contributed by atoms with E-state index in [0.29, 0.717) is 18.4 Å². The van der Waals surface area contributed by atoms with Crippen LogP contribution in [0.4, 0.5) is 10.1 Å². The van der Waals surface area contributed by atoms with Gasteiger partial charge < -0.3 is 14.8 Å². The SMILES string of the molecule is CNS(=O)N(CC=O)c1c(OC)ccc(C2=CC(CCC3CCC3)NC2)c1F. The molecule has 2 N–H and O–H groups in total. The number of aldehydes is 1. The summed E-state index contributed by atoms with van der Waals surface area (Å²) >= 11 is -1.76. The lowest BCUT2D eigenvalue weighted by Gasteiger charge is -2.26. The van der Waals surface area contributed by atoms with Gasteiger partial charge in [0, 0.05) is 18.2 Å². The van der Waals surface area contributed by atoms with Crippen molar-refractivity contribution in [1.29, 1.82) is 0 Å². The Kier molecular flexibility index (Phi) is 7.20. The summed E-state index contributed by atoms with van der Waals surface area (Å²) in [6.07, 6.45) is 8.94. The van der Waals surface area contributed by atoms with E-state index in [1.807, 2.05) is 0 Å². The number of carbonyl (C=O) groups excluding carboxylic acids is 1. The summed E-state index contributed by atoms with van der Waals surface area (Å²) in [6.45, 7) is 0.367. The maximum absolute atomic E-state index is 15.5. The smallest absolute Gasteiger partial charge is 0.196 e. The zero-order valence-electron chi connectivity index (χ0n) is 16.4. The van der Waals surface area contributed by atoms with Crippen LogP contribution in [0.25, 0.3) is 5.57 Å². The van der Waals surface area contributed by atoms with Gasteiger partial charge in [0.1, 0.15) is 17.7 Å².